The average Bonchev–Trinajstić information content (AvgIpc) is 2.87. The fourth-order valence-corrected chi connectivity index (χ4v) is 3.62. The van der Waals surface area contributed by atoms with Gasteiger partial charge in [-0.1, -0.05) is 36.1 Å². The summed E-state index contributed by atoms with van der Waals surface area (Å²) in [6.45, 7) is 2.74. The SMILES string of the molecule is CC(NC(=O)C(C)N1C(=O)/C(=C/c2cccc([N+](=O)[O-])c2)SC1=S)C(=O)O. The first-order valence-electron chi connectivity index (χ1n) is 7.66. The van der Waals surface area contributed by atoms with E-state index in [0.717, 1.165) is 16.7 Å². The molecule has 9 nitrogen and oxygen atoms in total. The van der Waals surface area contributed by atoms with Gasteiger partial charge in [-0.2, -0.15) is 0 Å². The largest absolute Gasteiger partial charge is 0.480 e. The molecule has 11 heteroatoms. The van der Waals surface area contributed by atoms with Crippen molar-refractivity contribution in [3.05, 3.63) is 44.8 Å². The monoisotopic (exact) mass is 409 g/mol. The van der Waals surface area contributed by atoms with E-state index >= 15 is 0 Å². The summed E-state index contributed by atoms with van der Waals surface area (Å²) in [5.74, 6) is -2.38. The number of hydrogen-bond donors (Lipinski definition) is 2. The van der Waals surface area contributed by atoms with Crippen molar-refractivity contribution in [3.63, 3.8) is 0 Å². The van der Waals surface area contributed by atoms with Gasteiger partial charge in [-0.15, -0.1) is 0 Å². The fraction of sp³-hybridized carbons (Fsp3) is 0.250. The number of nitro benzene ring substituents is 1. The molecule has 1 fully saturated rings. The lowest BCUT2D eigenvalue weighted by Crippen LogP contribution is -2.50. The molecule has 1 heterocycles. The number of benzene rings is 1. The summed E-state index contributed by atoms with van der Waals surface area (Å²) < 4.78 is 0.141. The quantitative estimate of drug-likeness (QED) is 0.315. The van der Waals surface area contributed by atoms with Gasteiger partial charge in [0.25, 0.3) is 11.6 Å². The highest BCUT2D eigenvalue weighted by atomic mass is 32.2. The van der Waals surface area contributed by atoms with Gasteiger partial charge >= 0.3 is 5.97 Å². The number of amides is 2. The number of carboxylic acid groups (broad SMARTS) is 1. The van der Waals surface area contributed by atoms with E-state index in [-0.39, 0.29) is 14.9 Å². The molecule has 0 spiro atoms. The van der Waals surface area contributed by atoms with Gasteiger partial charge in [0.05, 0.1) is 9.83 Å². The molecule has 27 heavy (non-hydrogen) atoms. The van der Waals surface area contributed by atoms with E-state index in [2.05, 4.69) is 5.32 Å². The van der Waals surface area contributed by atoms with Crippen molar-refractivity contribution in [2.75, 3.05) is 0 Å². The van der Waals surface area contributed by atoms with Crippen molar-refractivity contribution >= 4 is 57.8 Å². The molecule has 2 unspecified atom stereocenters. The Balaban J connectivity index is 2.21. The number of carboxylic acids is 1. The highest BCUT2D eigenvalue weighted by molar-refractivity contribution is 8.26. The summed E-state index contributed by atoms with van der Waals surface area (Å²) >= 11 is 6.13. The Kier molecular flexibility index (Phi) is 6.28. The first-order chi connectivity index (χ1) is 12.6. The second-order valence-corrected chi connectivity index (χ2v) is 7.32. The molecule has 1 aliphatic heterocycles. The van der Waals surface area contributed by atoms with Crippen LogP contribution in [0.1, 0.15) is 19.4 Å². The van der Waals surface area contributed by atoms with Gasteiger partial charge in [-0.3, -0.25) is 29.4 Å². The second kappa shape index (κ2) is 8.27. The first-order valence-corrected chi connectivity index (χ1v) is 8.89. The van der Waals surface area contributed by atoms with Crippen LogP contribution in [-0.2, 0) is 14.4 Å². The van der Waals surface area contributed by atoms with Crippen molar-refractivity contribution in [1.29, 1.82) is 0 Å². The Morgan fingerprint density at radius 3 is 2.67 bits per heavy atom. The lowest BCUT2D eigenvalue weighted by molar-refractivity contribution is -0.384. The number of nitro groups is 1. The summed E-state index contributed by atoms with van der Waals surface area (Å²) in [4.78, 5) is 47.3. The predicted octanol–water partition coefficient (Wildman–Crippen LogP) is 1.77. The smallest absolute Gasteiger partial charge is 0.325 e. The summed E-state index contributed by atoms with van der Waals surface area (Å²) in [6.07, 6.45) is 1.46. The third-order valence-corrected chi connectivity index (χ3v) is 5.03. The van der Waals surface area contributed by atoms with Gasteiger partial charge in [-0.25, -0.2) is 0 Å². The average molecular weight is 409 g/mol. The van der Waals surface area contributed by atoms with E-state index in [1.54, 1.807) is 6.07 Å². The number of carbonyl (C=O) groups excluding carboxylic acids is 2. The van der Waals surface area contributed by atoms with E-state index in [1.807, 2.05) is 0 Å². The van der Waals surface area contributed by atoms with Crippen LogP contribution in [0.3, 0.4) is 0 Å². The summed E-state index contributed by atoms with van der Waals surface area (Å²) in [5.41, 5.74) is 0.330. The maximum Gasteiger partial charge on any atom is 0.325 e. The highest BCUT2D eigenvalue weighted by Gasteiger charge is 2.38. The molecular formula is C16H15N3O6S2. The summed E-state index contributed by atoms with van der Waals surface area (Å²) in [7, 11) is 0. The van der Waals surface area contributed by atoms with E-state index in [9.17, 15) is 24.5 Å². The van der Waals surface area contributed by atoms with Crippen LogP contribution in [-0.4, -0.2) is 49.1 Å². The van der Waals surface area contributed by atoms with Crippen molar-refractivity contribution in [1.82, 2.24) is 10.2 Å². The number of non-ortho nitro benzene ring substituents is 1. The molecule has 0 saturated carbocycles. The Morgan fingerprint density at radius 2 is 2.07 bits per heavy atom. The second-order valence-electron chi connectivity index (χ2n) is 5.65. The van der Waals surface area contributed by atoms with Crippen LogP contribution in [0, 0.1) is 10.1 Å². The van der Waals surface area contributed by atoms with Gasteiger partial charge < -0.3 is 10.4 Å². The standard InChI is InChI=1S/C16H15N3O6S2/c1-8(15(22)23)17-13(20)9(2)18-14(21)12(27-16(18)26)7-10-4-3-5-11(6-10)19(24)25/h3-9H,1-2H3,(H,17,20)(H,22,23)/b12-7-. The third kappa shape index (κ3) is 4.68. The van der Waals surface area contributed by atoms with Crippen LogP contribution < -0.4 is 5.32 Å². The van der Waals surface area contributed by atoms with Gasteiger partial charge in [0, 0.05) is 12.1 Å². The molecule has 2 atom stereocenters. The van der Waals surface area contributed by atoms with Crippen LogP contribution in [0.5, 0.6) is 0 Å². The Bertz CT molecular complexity index is 869. The van der Waals surface area contributed by atoms with E-state index in [4.69, 9.17) is 17.3 Å². The number of hydrogen-bond acceptors (Lipinski definition) is 7. The van der Waals surface area contributed by atoms with Gasteiger partial charge in [0.1, 0.15) is 16.4 Å². The Morgan fingerprint density at radius 1 is 1.41 bits per heavy atom. The minimum absolute atomic E-state index is 0.116. The van der Waals surface area contributed by atoms with Crippen molar-refractivity contribution in [2.45, 2.75) is 25.9 Å². The molecule has 2 N–H and O–H groups in total. The topological polar surface area (TPSA) is 130 Å². The highest BCUT2D eigenvalue weighted by Crippen LogP contribution is 2.34. The van der Waals surface area contributed by atoms with E-state index in [1.165, 1.54) is 38.1 Å². The van der Waals surface area contributed by atoms with Crippen molar-refractivity contribution in [3.8, 4) is 0 Å². The normalized spacial score (nSPS) is 17.7. The van der Waals surface area contributed by atoms with Crippen LogP contribution in [0.4, 0.5) is 5.69 Å². The van der Waals surface area contributed by atoms with Crippen molar-refractivity contribution < 1.29 is 24.4 Å². The molecule has 1 aromatic carbocycles. The molecule has 142 valence electrons. The number of nitrogens with zero attached hydrogens (tertiary/aromatic N) is 2. The maximum atomic E-state index is 12.6. The molecule has 0 bridgehead atoms. The molecule has 0 radical (unpaired) electrons. The van der Waals surface area contributed by atoms with Gasteiger partial charge in [-0.05, 0) is 25.5 Å². The van der Waals surface area contributed by atoms with Crippen LogP contribution in [0.25, 0.3) is 6.08 Å². The minimum atomic E-state index is -1.20. The van der Waals surface area contributed by atoms with Gasteiger partial charge in [0.2, 0.25) is 5.91 Å². The zero-order chi connectivity index (χ0) is 20.3. The minimum Gasteiger partial charge on any atom is -0.480 e. The number of carbonyl (C=O) groups is 3. The van der Waals surface area contributed by atoms with Crippen molar-refractivity contribution in [2.24, 2.45) is 0 Å². The third-order valence-electron chi connectivity index (χ3n) is 3.70. The molecule has 2 rings (SSSR count). The Hall–Kier alpha value is -2.79. The molecule has 1 aliphatic rings. The number of thioether (sulfide) groups is 1. The lowest BCUT2D eigenvalue weighted by Gasteiger charge is -2.23. The zero-order valence-corrected chi connectivity index (χ0v) is 15.9. The zero-order valence-electron chi connectivity index (χ0n) is 14.2. The van der Waals surface area contributed by atoms with E-state index in [0.29, 0.717) is 5.56 Å². The van der Waals surface area contributed by atoms with Gasteiger partial charge in [0.15, 0.2) is 0 Å². The van der Waals surface area contributed by atoms with Crippen LogP contribution >= 0.6 is 24.0 Å². The van der Waals surface area contributed by atoms with E-state index < -0.39 is 34.8 Å². The van der Waals surface area contributed by atoms with Crippen LogP contribution in [0.15, 0.2) is 29.2 Å². The maximum absolute atomic E-state index is 12.6. The molecule has 0 aliphatic carbocycles. The number of nitrogens with one attached hydrogen (secondary N) is 1. The molecule has 2 amide bonds. The van der Waals surface area contributed by atoms with Crippen LogP contribution in [0.2, 0.25) is 0 Å². The number of aliphatic carboxylic acids is 1. The molecule has 1 saturated heterocycles. The summed E-state index contributed by atoms with van der Waals surface area (Å²) in [6, 6.07) is 3.63. The first kappa shape index (κ1) is 20.5. The predicted molar refractivity (Wildman–Crippen MR) is 103 cm³/mol. The number of rotatable bonds is 6. The molecule has 0 aromatic heterocycles. The Labute approximate surface area is 163 Å². The summed E-state index contributed by atoms with van der Waals surface area (Å²) in [5, 5.41) is 22.0. The molecular weight excluding hydrogens is 394 g/mol. The number of thiocarbonyl (C=S) groups is 1. The fourth-order valence-electron chi connectivity index (χ4n) is 2.21. The lowest BCUT2D eigenvalue weighted by atomic mass is 10.2. The molecule has 1 aromatic rings.